The van der Waals surface area contributed by atoms with Crippen LogP contribution in [0.1, 0.15) is 68.1 Å². The second-order valence-corrected chi connectivity index (χ2v) is 12.4. The van der Waals surface area contributed by atoms with Gasteiger partial charge >= 0.3 is 0 Å². The summed E-state index contributed by atoms with van der Waals surface area (Å²) in [4.78, 5) is 14.8. The molecule has 1 saturated carbocycles. The van der Waals surface area contributed by atoms with Crippen molar-refractivity contribution in [2.45, 2.75) is 69.7 Å². The highest BCUT2D eigenvalue weighted by atomic mass is 35.5. The zero-order chi connectivity index (χ0) is 27.4. The number of nitrogens with one attached hydrogen (secondary N) is 2. The first-order chi connectivity index (χ1) is 19.6. The standard InChI is InChI=1S/C32H39ClN6S/c33-27-13-9-12-26(20-27)32(15-5-6-16-32)23-34-31(40)37-30-35-28(38-17-7-1-2-8-18-38)21-29(36-30)39-19-14-24-10-3-4-11-25(24)22-39/h3-4,9-13,20-21H,1-2,5-8,14-19,22-23H2,(H2,34,35,36,37,40). The van der Waals surface area contributed by atoms with Crippen LogP contribution < -0.4 is 20.4 Å². The molecule has 0 radical (unpaired) electrons. The first-order valence-electron chi connectivity index (χ1n) is 14.8. The highest BCUT2D eigenvalue weighted by Crippen LogP contribution is 2.41. The molecule has 1 aliphatic carbocycles. The molecule has 0 bridgehead atoms. The minimum absolute atomic E-state index is 0.0394. The SMILES string of the molecule is S=C(NCC1(c2cccc(Cl)c2)CCCC1)Nc1nc(N2CCCCCC2)cc(N2CCc3ccccc3C2)n1. The number of hydrogen-bond acceptors (Lipinski definition) is 5. The number of benzene rings is 2. The Kier molecular flexibility index (Phi) is 8.40. The molecule has 2 aromatic carbocycles. The lowest BCUT2D eigenvalue weighted by molar-refractivity contribution is 0.435. The van der Waals surface area contributed by atoms with Gasteiger partial charge in [-0.3, -0.25) is 0 Å². The Hall–Kier alpha value is -2.90. The van der Waals surface area contributed by atoms with Crippen LogP contribution in [0.15, 0.2) is 54.6 Å². The third-order valence-electron chi connectivity index (χ3n) is 8.89. The molecule has 3 aromatic rings. The Morgan fingerprint density at radius 1 is 0.825 bits per heavy atom. The molecule has 210 valence electrons. The quantitative estimate of drug-likeness (QED) is 0.311. The molecule has 1 aromatic heterocycles. The lowest BCUT2D eigenvalue weighted by atomic mass is 9.79. The maximum atomic E-state index is 6.37. The van der Waals surface area contributed by atoms with Gasteiger partial charge in [0, 0.05) is 49.2 Å². The van der Waals surface area contributed by atoms with Crippen LogP contribution in [0.2, 0.25) is 5.02 Å². The number of anilines is 3. The van der Waals surface area contributed by atoms with Crippen molar-refractivity contribution in [3.8, 4) is 0 Å². The van der Waals surface area contributed by atoms with Crippen LogP contribution in [0, 0.1) is 0 Å². The van der Waals surface area contributed by atoms with Crippen LogP contribution >= 0.6 is 23.8 Å². The van der Waals surface area contributed by atoms with Crippen LogP contribution in [0.25, 0.3) is 0 Å². The minimum atomic E-state index is 0.0394. The van der Waals surface area contributed by atoms with E-state index in [-0.39, 0.29) is 5.41 Å². The van der Waals surface area contributed by atoms with Crippen molar-refractivity contribution in [3.63, 3.8) is 0 Å². The molecule has 3 aliphatic rings. The fraction of sp³-hybridized carbons (Fsp3) is 0.469. The summed E-state index contributed by atoms with van der Waals surface area (Å²) in [6.07, 6.45) is 10.7. The van der Waals surface area contributed by atoms with E-state index in [1.807, 2.05) is 6.07 Å². The molecule has 40 heavy (non-hydrogen) atoms. The third kappa shape index (κ3) is 6.21. The van der Waals surface area contributed by atoms with Crippen LogP contribution in [0.5, 0.6) is 0 Å². The van der Waals surface area contributed by atoms with E-state index in [4.69, 9.17) is 33.8 Å². The normalized spacial score (nSPS) is 18.6. The van der Waals surface area contributed by atoms with E-state index in [0.29, 0.717) is 11.1 Å². The van der Waals surface area contributed by atoms with Crippen molar-refractivity contribution in [2.24, 2.45) is 0 Å². The maximum Gasteiger partial charge on any atom is 0.232 e. The largest absolute Gasteiger partial charge is 0.361 e. The van der Waals surface area contributed by atoms with Crippen LogP contribution in [0.3, 0.4) is 0 Å². The van der Waals surface area contributed by atoms with Crippen LogP contribution in [-0.4, -0.2) is 41.3 Å². The number of fused-ring (bicyclic) bond motifs is 1. The van der Waals surface area contributed by atoms with Crippen molar-refractivity contribution < 1.29 is 0 Å². The van der Waals surface area contributed by atoms with Gasteiger partial charge in [0.1, 0.15) is 11.6 Å². The monoisotopic (exact) mass is 574 g/mol. The Balaban J connectivity index is 1.21. The van der Waals surface area contributed by atoms with Gasteiger partial charge in [-0.05, 0) is 73.1 Å². The van der Waals surface area contributed by atoms with Gasteiger partial charge in [-0.15, -0.1) is 0 Å². The van der Waals surface area contributed by atoms with E-state index < -0.39 is 0 Å². The molecule has 0 unspecified atom stereocenters. The Bertz CT molecular complexity index is 1330. The molecular weight excluding hydrogens is 536 g/mol. The van der Waals surface area contributed by atoms with Crippen molar-refractivity contribution in [1.29, 1.82) is 0 Å². The smallest absolute Gasteiger partial charge is 0.232 e. The number of aromatic nitrogens is 2. The van der Waals surface area contributed by atoms with E-state index in [1.165, 1.54) is 55.2 Å². The summed E-state index contributed by atoms with van der Waals surface area (Å²) in [6.45, 7) is 4.63. The molecule has 6 rings (SSSR count). The van der Waals surface area contributed by atoms with Gasteiger partial charge in [0.05, 0.1) is 0 Å². The molecule has 2 N–H and O–H groups in total. The second-order valence-electron chi connectivity index (χ2n) is 11.6. The lowest BCUT2D eigenvalue weighted by Gasteiger charge is -2.32. The van der Waals surface area contributed by atoms with E-state index >= 15 is 0 Å². The van der Waals surface area contributed by atoms with Gasteiger partial charge in [0.25, 0.3) is 0 Å². The van der Waals surface area contributed by atoms with Gasteiger partial charge < -0.3 is 20.4 Å². The zero-order valence-corrected chi connectivity index (χ0v) is 24.7. The number of nitrogens with zero attached hydrogens (tertiary/aromatic N) is 4. The van der Waals surface area contributed by atoms with Crippen LogP contribution in [0.4, 0.5) is 17.6 Å². The van der Waals surface area contributed by atoms with Crippen LogP contribution in [-0.2, 0) is 18.4 Å². The summed E-state index contributed by atoms with van der Waals surface area (Å²) in [5.74, 6) is 2.51. The van der Waals surface area contributed by atoms with Crippen molar-refractivity contribution in [3.05, 3.63) is 76.3 Å². The molecule has 8 heteroatoms. The first-order valence-corrected chi connectivity index (χ1v) is 15.6. The molecule has 0 amide bonds. The number of rotatable bonds is 6. The number of thiocarbonyl (C=S) groups is 1. The Labute approximate surface area is 248 Å². The van der Waals surface area contributed by atoms with Gasteiger partial charge in [-0.1, -0.05) is 73.7 Å². The highest BCUT2D eigenvalue weighted by molar-refractivity contribution is 7.80. The Morgan fingerprint density at radius 2 is 1.55 bits per heavy atom. The summed E-state index contributed by atoms with van der Waals surface area (Å²) in [5.41, 5.74) is 4.14. The van der Waals surface area contributed by atoms with Gasteiger partial charge in [0.2, 0.25) is 5.95 Å². The summed E-state index contributed by atoms with van der Waals surface area (Å²) >= 11 is 12.2. The average Bonchev–Trinajstić information content (AvgIpc) is 3.30. The van der Waals surface area contributed by atoms with E-state index in [9.17, 15) is 0 Å². The zero-order valence-electron chi connectivity index (χ0n) is 23.2. The predicted molar refractivity (Wildman–Crippen MR) is 170 cm³/mol. The molecule has 3 heterocycles. The lowest BCUT2D eigenvalue weighted by Crippen LogP contribution is -2.41. The highest BCUT2D eigenvalue weighted by Gasteiger charge is 2.36. The molecule has 2 fully saturated rings. The molecule has 6 nitrogen and oxygen atoms in total. The molecule has 0 spiro atoms. The van der Waals surface area contributed by atoms with Gasteiger partial charge in [-0.25, -0.2) is 0 Å². The van der Waals surface area contributed by atoms with E-state index in [1.54, 1.807) is 0 Å². The average molecular weight is 575 g/mol. The molecule has 1 saturated heterocycles. The number of halogens is 1. The van der Waals surface area contributed by atoms with E-state index in [0.717, 1.165) is 68.6 Å². The minimum Gasteiger partial charge on any atom is -0.361 e. The van der Waals surface area contributed by atoms with E-state index in [2.05, 4.69) is 69.0 Å². The third-order valence-corrected chi connectivity index (χ3v) is 9.38. The molecule has 0 atom stereocenters. The predicted octanol–water partition coefficient (Wildman–Crippen LogP) is 6.87. The first kappa shape index (κ1) is 27.3. The summed E-state index contributed by atoms with van der Waals surface area (Å²) in [5, 5.41) is 8.24. The summed E-state index contributed by atoms with van der Waals surface area (Å²) in [6, 6.07) is 19.2. The van der Waals surface area contributed by atoms with Gasteiger partial charge in [-0.2, -0.15) is 9.97 Å². The summed E-state index contributed by atoms with van der Waals surface area (Å²) in [7, 11) is 0. The fourth-order valence-corrected chi connectivity index (χ4v) is 6.98. The Morgan fingerprint density at radius 3 is 2.30 bits per heavy atom. The fourth-order valence-electron chi connectivity index (χ4n) is 6.63. The molecular formula is C32H39ClN6S. The number of hydrogen-bond donors (Lipinski definition) is 2. The topological polar surface area (TPSA) is 56.3 Å². The maximum absolute atomic E-state index is 6.37. The van der Waals surface area contributed by atoms with Gasteiger partial charge in [0.15, 0.2) is 5.11 Å². The summed E-state index contributed by atoms with van der Waals surface area (Å²) < 4.78 is 0. The second kappa shape index (κ2) is 12.3. The molecule has 2 aliphatic heterocycles. The van der Waals surface area contributed by atoms with Crippen molar-refractivity contribution in [2.75, 3.05) is 41.3 Å². The van der Waals surface area contributed by atoms with Crippen molar-refractivity contribution in [1.82, 2.24) is 15.3 Å². The van der Waals surface area contributed by atoms with Crippen molar-refractivity contribution >= 4 is 46.5 Å².